The maximum Gasteiger partial charge on any atom is 0.159 e. The zero-order chi connectivity index (χ0) is 17.7. The first-order valence-corrected chi connectivity index (χ1v) is 11.0. The topological polar surface area (TPSA) is 9.23 Å². The molecule has 0 bridgehead atoms. The van der Waals surface area contributed by atoms with E-state index in [4.69, 9.17) is 17.0 Å². The molecule has 0 unspecified atom stereocenters. The van der Waals surface area contributed by atoms with Crippen molar-refractivity contribution in [3.63, 3.8) is 0 Å². The predicted molar refractivity (Wildman–Crippen MR) is 113 cm³/mol. The summed E-state index contributed by atoms with van der Waals surface area (Å²) in [6.07, 6.45) is 25.5. The average molecular weight is 355 g/mol. The molecule has 0 aromatic heterocycles. The van der Waals surface area contributed by atoms with Crippen LogP contribution in [0.15, 0.2) is 12.2 Å². The third-order valence-corrected chi connectivity index (χ3v) is 4.73. The summed E-state index contributed by atoms with van der Waals surface area (Å²) in [4.78, 5) is 0. The predicted octanol–water partition coefficient (Wildman–Crippen LogP) is 8.17. The van der Waals surface area contributed by atoms with Crippen LogP contribution < -0.4 is 0 Å². The lowest BCUT2D eigenvalue weighted by Crippen LogP contribution is -2.02. The Labute approximate surface area is 157 Å². The van der Waals surface area contributed by atoms with Crippen LogP contribution in [0.4, 0.5) is 0 Å². The van der Waals surface area contributed by atoms with Gasteiger partial charge in [0.25, 0.3) is 0 Å². The molecule has 0 aromatic rings. The van der Waals surface area contributed by atoms with Crippen molar-refractivity contribution in [1.29, 1.82) is 0 Å². The van der Waals surface area contributed by atoms with E-state index in [0.717, 1.165) is 24.5 Å². The summed E-state index contributed by atoms with van der Waals surface area (Å²) in [6.45, 7) is 5.26. The van der Waals surface area contributed by atoms with E-state index in [1.165, 1.54) is 89.9 Å². The number of thiocarbonyl (C=S) groups is 1. The Morgan fingerprint density at radius 2 is 1.17 bits per heavy atom. The Bertz CT molecular complexity index is 286. The molecule has 0 heterocycles. The standard InChI is InChI=1S/C22H42OS/c1-3-5-7-8-9-10-11-12-13-14-15-16-17-18-19-20-22(24)23-21-6-4-2/h12-13H,3-11,14-21H2,1-2H3/b13-12-. The van der Waals surface area contributed by atoms with Crippen molar-refractivity contribution in [2.45, 2.75) is 117 Å². The van der Waals surface area contributed by atoms with Gasteiger partial charge in [0.1, 0.15) is 0 Å². The Balaban J connectivity index is 3.16. The molecule has 1 nitrogen and oxygen atoms in total. The van der Waals surface area contributed by atoms with Gasteiger partial charge in [0.15, 0.2) is 5.05 Å². The highest BCUT2D eigenvalue weighted by Gasteiger charge is 1.98. The van der Waals surface area contributed by atoms with Gasteiger partial charge in [-0.1, -0.05) is 83.8 Å². The third-order valence-electron chi connectivity index (χ3n) is 4.40. The molecule has 24 heavy (non-hydrogen) atoms. The average Bonchev–Trinajstić information content (AvgIpc) is 2.58. The molecular weight excluding hydrogens is 312 g/mol. The van der Waals surface area contributed by atoms with Gasteiger partial charge in [-0.3, -0.25) is 0 Å². The smallest absolute Gasteiger partial charge is 0.159 e. The molecule has 0 aromatic carbocycles. The summed E-state index contributed by atoms with van der Waals surface area (Å²) in [6, 6.07) is 0. The van der Waals surface area contributed by atoms with Crippen molar-refractivity contribution in [1.82, 2.24) is 0 Å². The largest absolute Gasteiger partial charge is 0.487 e. The van der Waals surface area contributed by atoms with E-state index in [2.05, 4.69) is 26.0 Å². The maximum atomic E-state index is 5.52. The van der Waals surface area contributed by atoms with Crippen LogP contribution in [0.2, 0.25) is 0 Å². The third kappa shape index (κ3) is 19.7. The first-order valence-electron chi connectivity index (χ1n) is 10.6. The molecule has 0 saturated heterocycles. The summed E-state index contributed by atoms with van der Waals surface area (Å²) in [5, 5.41) is 0.820. The van der Waals surface area contributed by atoms with Gasteiger partial charge in [0.05, 0.1) is 6.61 Å². The minimum atomic E-state index is 0.806. The molecule has 0 fully saturated rings. The Morgan fingerprint density at radius 3 is 1.75 bits per heavy atom. The van der Waals surface area contributed by atoms with Crippen LogP contribution in [0.5, 0.6) is 0 Å². The van der Waals surface area contributed by atoms with Crippen molar-refractivity contribution >= 4 is 17.3 Å². The van der Waals surface area contributed by atoms with Gasteiger partial charge >= 0.3 is 0 Å². The number of rotatable bonds is 18. The van der Waals surface area contributed by atoms with Gasteiger partial charge in [-0.05, 0) is 50.7 Å². The highest BCUT2D eigenvalue weighted by atomic mass is 32.1. The summed E-state index contributed by atoms with van der Waals surface area (Å²) in [5.41, 5.74) is 0. The molecule has 0 spiro atoms. The van der Waals surface area contributed by atoms with E-state index in [1.807, 2.05) is 0 Å². The minimum absolute atomic E-state index is 0.806. The zero-order valence-corrected chi connectivity index (χ0v) is 17.3. The van der Waals surface area contributed by atoms with Crippen molar-refractivity contribution in [2.75, 3.05) is 6.61 Å². The quantitative estimate of drug-likeness (QED) is 0.139. The fourth-order valence-corrected chi connectivity index (χ4v) is 2.97. The van der Waals surface area contributed by atoms with E-state index in [0.29, 0.717) is 0 Å². The van der Waals surface area contributed by atoms with Gasteiger partial charge < -0.3 is 4.74 Å². The monoisotopic (exact) mass is 354 g/mol. The van der Waals surface area contributed by atoms with Gasteiger partial charge in [0.2, 0.25) is 0 Å². The molecule has 142 valence electrons. The van der Waals surface area contributed by atoms with Crippen molar-refractivity contribution < 1.29 is 4.74 Å². The van der Waals surface area contributed by atoms with E-state index in [1.54, 1.807) is 0 Å². The Hall–Kier alpha value is -0.370. The van der Waals surface area contributed by atoms with Crippen LogP contribution >= 0.6 is 12.2 Å². The SMILES string of the molecule is CCCCCCCC/C=C\CCCCCCCC(=S)OCCCC. The van der Waals surface area contributed by atoms with Crippen LogP contribution in [0, 0.1) is 0 Å². The minimum Gasteiger partial charge on any atom is -0.487 e. The van der Waals surface area contributed by atoms with E-state index in [-0.39, 0.29) is 0 Å². The van der Waals surface area contributed by atoms with Crippen molar-refractivity contribution in [3.8, 4) is 0 Å². The number of hydrogen-bond donors (Lipinski definition) is 0. The zero-order valence-electron chi connectivity index (χ0n) is 16.5. The molecule has 0 radical (unpaired) electrons. The second-order valence-corrected chi connectivity index (χ2v) is 7.36. The highest BCUT2D eigenvalue weighted by molar-refractivity contribution is 7.80. The van der Waals surface area contributed by atoms with Gasteiger partial charge in [-0.2, -0.15) is 0 Å². The Morgan fingerprint density at radius 1 is 0.667 bits per heavy atom. The summed E-state index contributed by atoms with van der Waals surface area (Å²) >= 11 is 5.24. The lowest BCUT2D eigenvalue weighted by Gasteiger charge is -2.06. The second kappa shape index (κ2) is 20.7. The lowest BCUT2D eigenvalue weighted by molar-refractivity contribution is 0.295. The van der Waals surface area contributed by atoms with Crippen LogP contribution in [-0.2, 0) is 4.74 Å². The van der Waals surface area contributed by atoms with Crippen LogP contribution in [0.25, 0.3) is 0 Å². The van der Waals surface area contributed by atoms with E-state index < -0.39 is 0 Å². The molecular formula is C22H42OS. The fourth-order valence-electron chi connectivity index (χ4n) is 2.74. The normalized spacial score (nSPS) is 11.2. The first kappa shape index (κ1) is 23.6. The van der Waals surface area contributed by atoms with Gasteiger partial charge in [-0.15, -0.1) is 0 Å². The number of ether oxygens (including phenoxy) is 1. The van der Waals surface area contributed by atoms with Crippen LogP contribution in [0.1, 0.15) is 117 Å². The van der Waals surface area contributed by atoms with Gasteiger partial charge in [0, 0.05) is 6.42 Å². The molecule has 0 aliphatic rings. The number of allylic oxidation sites excluding steroid dienone is 2. The van der Waals surface area contributed by atoms with E-state index in [9.17, 15) is 0 Å². The van der Waals surface area contributed by atoms with Crippen molar-refractivity contribution in [3.05, 3.63) is 12.2 Å². The van der Waals surface area contributed by atoms with E-state index >= 15 is 0 Å². The molecule has 0 N–H and O–H groups in total. The van der Waals surface area contributed by atoms with Crippen molar-refractivity contribution in [2.24, 2.45) is 0 Å². The molecule has 0 rings (SSSR count). The molecule has 0 saturated carbocycles. The molecule has 2 heteroatoms. The first-order chi connectivity index (χ1) is 11.8. The maximum absolute atomic E-state index is 5.52. The van der Waals surface area contributed by atoms with Crippen LogP contribution in [-0.4, -0.2) is 11.7 Å². The summed E-state index contributed by atoms with van der Waals surface area (Å²) in [5.74, 6) is 0. The second-order valence-electron chi connectivity index (χ2n) is 6.91. The van der Waals surface area contributed by atoms with Gasteiger partial charge in [-0.25, -0.2) is 0 Å². The number of unbranched alkanes of at least 4 members (excludes halogenated alkanes) is 12. The van der Waals surface area contributed by atoms with Crippen LogP contribution in [0.3, 0.4) is 0 Å². The molecule has 0 amide bonds. The number of hydrogen-bond acceptors (Lipinski definition) is 2. The highest BCUT2D eigenvalue weighted by Crippen LogP contribution is 2.10. The summed E-state index contributed by atoms with van der Waals surface area (Å²) in [7, 11) is 0. The lowest BCUT2D eigenvalue weighted by atomic mass is 10.1. The molecule has 0 atom stereocenters. The molecule has 0 aliphatic heterocycles. The Kier molecular flexibility index (Phi) is 20.4. The summed E-state index contributed by atoms with van der Waals surface area (Å²) < 4.78 is 5.52. The fraction of sp³-hybridized carbons (Fsp3) is 0.864. The molecule has 0 aliphatic carbocycles.